The molecule has 166 valence electrons. The topological polar surface area (TPSA) is 87.7 Å². The minimum absolute atomic E-state index is 0.00906. The third-order valence-electron chi connectivity index (χ3n) is 5.36. The minimum atomic E-state index is -0.593. The van der Waals surface area contributed by atoms with Crippen molar-refractivity contribution in [3.05, 3.63) is 35.4 Å². The summed E-state index contributed by atoms with van der Waals surface area (Å²) in [6.45, 7) is 7.87. The summed E-state index contributed by atoms with van der Waals surface area (Å²) in [5.74, 6) is -0.0777. The van der Waals surface area contributed by atoms with Crippen LogP contribution in [-0.2, 0) is 14.3 Å². The Labute approximate surface area is 179 Å². The summed E-state index contributed by atoms with van der Waals surface area (Å²) in [7, 11) is 1.58. The molecule has 1 aromatic carbocycles. The summed E-state index contributed by atoms with van der Waals surface area (Å²) in [5, 5.41) is 5.78. The molecule has 30 heavy (non-hydrogen) atoms. The van der Waals surface area contributed by atoms with Crippen molar-refractivity contribution < 1.29 is 19.1 Å². The number of amides is 3. The molecule has 1 aliphatic heterocycles. The third-order valence-corrected chi connectivity index (χ3v) is 5.36. The number of benzene rings is 1. The minimum Gasteiger partial charge on any atom is -0.383 e. The molecule has 2 N–H and O–H groups in total. The highest BCUT2D eigenvalue weighted by atomic mass is 16.5. The Kier molecular flexibility index (Phi) is 9.30. The van der Waals surface area contributed by atoms with E-state index in [0.717, 1.165) is 5.56 Å². The number of likely N-dealkylation sites (tertiary alicyclic amines) is 1. The molecule has 3 amide bonds. The van der Waals surface area contributed by atoms with Crippen molar-refractivity contribution in [1.29, 1.82) is 0 Å². The number of hydrogen-bond donors (Lipinski definition) is 2. The smallest absolute Gasteiger partial charge is 0.253 e. The molecule has 0 saturated carbocycles. The van der Waals surface area contributed by atoms with E-state index >= 15 is 0 Å². The van der Waals surface area contributed by atoms with Gasteiger partial charge >= 0.3 is 0 Å². The highest BCUT2D eigenvalue weighted by Gasteiger charge is 2.34. The number of aryl methyl sites for hydroxylation is 1. The Morgan fingerprint density at radius 1 is 1.20 bits per heavy atom. The molecule has 0 spiro atoms. The van der Waals surface area contributed by atoms with E-state index in [1.807, 2.05) is 49.9 Å². The van der Waals surface area contributed by atoms with E-state index in [1.54, 1.807) is 7.11 Å². The van der Waals surface area contributed by atoms with E-state index in [-0.39, 0.29) is 29.6 Å². The van der Waals surface area contributed by atoms with Crippen LogP contribution in [0.5, 0.6) is 0 Å². The van der Waals surface area contributed by atoms with Crippen molar-refractivity contribution in [3.63, 3.8) is 0 Å². The number of rotatable bonds is 9. The molecule has 1 aliphatic rings. The van der Waals surface area contributed by atoms with Crippen LogP contribution < -0.4 is 10.6 Å². The monoisotopic (exact) mass is 417 g/mol. The standard InChI is InChI=1S/C23H35N3O4/c1-16(2)14-20(27)25-21(22(28)24-10-13-30-4)18-8-11-26(12-9-18)23(29)19-7-5-6-17(3)15-19/h5-7,15-16,18,21H,8-14H2,1-4H3,(H,24,28)(H,25,27)/t21-/m1/s1. The lowest BCUT2D eigenvalue weighted by Gasteiger charge is -2.36. The largest absolute Gasteiger partial charge is 0.383 e. The second-order valence-corrected chi connectivity index (χ2v) is 8.43. The van der Waals surface area contributed by atoms with Gasteiger partial charge in [0.15, 0.2) is 0 Å². The van der Waals surface area contributed by atoms with Gasteiger partial charge in [-0.15, -0.1) is 0 Å². The molecular weight excluding hydrogens is 382 g/mol. The number of carbonyl (C=O) groups excluding carboxylic acids is 3. The number of hydrogen-bond acceptors (Lipinski definition) is 4. The first-order chi connectivity index (χ1) is 14.3. The van der Waals surface area contributed by atoms with Gasteiger partial charge in [-0.2, -0.15) is 0 Å². The van der Waals surface area contributed by atoms with Gasteiger partial charge in [0.1, 0.15) is 6.04 Å². The van der Waals surface area contributed by atoms with Crippen LogP contribution in [0.1, 0.15) is 49.0 Å². The zero-order valence-corrected chi connectivity index (χ0v) is 18.6. The van der Waals surface area contributed by atoms with Crippen LogP contribution in [0.15, 0.2) is 24.3 Å². The zero-order chi connectivity index (χ0) is 22.1. The maximum absolute atomic E-state index is 12.8. The highest BCUT2D eigenvalue weighted by Crippen LogP contribution is 2.23. The lowest BCUT2D eigenvalue weighted by molar-refractivity contribution is -0.131. The predicted molar refractivity (Wildman–Crippen MR) is 116 cm³/mol. The molecule has 1 atom stereocenters. The fourth-order valence-corrected chi connectivity index (χ4v) is 3.78. The van der Waals surface area contributed by atoms with Gasteiger partial charge in [-0.05, 0) is 43.7 Å². The molecule has 0 aromatic heterocycles. The van der Waals surface area contributed by atoms with Crippen molar-refractivity contribution in [3.8, 4) is 0 Å². The molecule has 1 fully saturated rings. The van der Waals surface area contributed by atoms with Crippen LogP contribution in [0.2, 0.25) is 0 Å². The van der Waals surface area contributed by atoms with Gasteiger partial charge in [0, 0.05) is 38.7 Å². The Balaban J connectivity index is 2.00. The summed E-state index contributed by atoms with van der Waals surface area (Å²) in [4.78, 5) is 39.7. The molecule has 1 saturated heterocycles. The van der Waals surface area contributed by atoms with Crippen molar-refractivity contribution in [2.45, 2.75) is 46.1 Å². The molecule has 0 radical (unpaired) electrons. The van der Waals surface area contributed by atoms with Crippen LogP contribution in [0.25, 0.3) is 0 Å². The third kappa shape index (κ3) is 7.13. The lowest BCUT2D eigenvalue weighted by Crippen LogP contribution is -2.54. The van der Waals surface area contributed by atoms with Gasteiger partial charge in [0.05, 0.1) is 6.61 Å². The molecular formula is C23H35N3O4. The van der Waals surface area contributed by atoms with Gasteiger partial charge in [-0.3, -0.25) is 14.4 Å². The van der Waals surface area contributed by atoms with E-state index in [9.17, 15) is 14.4 Å². The normalized spacial score (nSPS) is 15.7. The van der Waals surface area contributed by atoms with Gasteiger partial charge in [0.25, 0.3) is 5.91 Å². The molecule has 0 aliphatic carbocycles. The average molecular weight is 418 g/mol. The number of carbonyl (C=O) groups is 3. The van der Waals surface area contributed by atoms with E-state index in [1.165, 1.54) is 0 Å². The first-order valence-electron chi connectivity index (χ1n) is 10.7. The average Bonchev–Trinajstić information content (AvgIpc) is 2.71. The van der Waals surface area contributed by atoms with Crippen molar-refractivity contribution in [2.24, 2.45) is 11.8 Å². The van der Waals surface area contributed by atoms with Crippen molar-refractivity contribution in [1.82, 2.24) is 15.5 Å². The van der Waals surface area contributed by atoms with E-state index < -0.39 is 6.04 Å². The highest BCUT2D eigenvalue weighted by molar-refractivity contribution is 5.94. The van der Waals surface area contributed by atoms with Gasteiger partial charge in [0.2, 0.25) is 11.8 Å². The summed E-state index contributed by atoms with van der Waals surface area (Å²) < 4.78 is 5.00. The number of nitrogens with zero attached hydrogens (tertiary/aromatic N) is 1. The number of ether oxygens (including phenoxy) is 1. The maximum Gasteiger partial charge on any atom is 0.253 e. The maximum atomic E-state index is 12.8. The number of piperidine rings is 1. The number of methoxy groups -OCH3 is 1. The Morgan fingerprint density at radius 3 is 2.50 bits per heavy atom. The molecule has 7 heteroatoms. The Hall–Kier alpha value is -2.41. The summed E-state index contributed by atoms with van der Waals surface area (Å²) >= 11 is 0. The van der Waals surface area contributed by atoms with E-state index in [0.29, 0.717) is 51.1 Å². The van der Waals surface area contributed by atoms with Gasteiger partial charge in [-0.1, -0.05) is 31.5 Å². The fourth-order valence-electron chi connectivity index (χ4n) is 3.78. The summed E-state index contributed by atoms with van der Waals surface area (Å²) in [6, 6.07) is 6.99. The van der Waals surface area contributed by atoms with Gasteiger partial charge in [-0.25, -0.2) is 0 Å². The second kappa shape index (κ2) is 11.7. The Morgan fingerprint density at radius 2 is 1.90 bits per heavy atom. The fraction of sp³-hybridized carbons (Fsp3) is 0.609. The molecule has 1 aromatic rings. The predicted octanol–water partition coefficient (Wildman–Crippen LogP) is 2.14. The quantitative estimate of drug-likeness (QED) is 0.603. The Bertz CT molecular complexity index is 727. The zero-order valence-electron chi connectivity index (χ0n) is 18.6. The van der Waals surface area contributed by atoms with Crippen LogP contribution in [0.3, 0.4) is 0 Å². The molecule has 7 nitrogen and oxygen atoms in total. The first kappa shape index (κ1) is 23.9. The van der Waals surface area contributed by atoms with E-state index in [2.05, 4.69) is 10.6 Å². The van der Waals surface area contributed by atoms with E-state index in [4.69, 9.17) is 4.74 Å². The first-order valence-corrected chi connectivity index (χ1v) is 10.7. The SMILES string of the molecule is COCCNC(=O)[C@H](NC(=O)CC(C)C)C1CCN(C(=O)c2cccc(C)c2)CC1. The summed E-state index contributed by atoms with van der Waals surface area (Å²) in [5.41, 5.74) is 1.74. The molecule has 0 bridgehead atoms. The van der Waals surface area contributed by atoms with Crippen LogP contribution in [0, 0.1) is 18.8 Å². The van der Waals surface area contributed by atoms with Crippen LogP contribution in [0.4, 0.5) is 0 Å². The molecule has 1 heterocycles. The van der Waals surface area contributed by atoms with Crippen LogP contribution in [-0.4, -0.2) is 62.0 Å². The van der Waals surface area contributed by atoms with Crippen molar-refractivity contribution >= 4 is 17.7 Å². The number of nitrogens with one attached hydrogen (secondary N) is 2. The van der Waals surface area contributed by atoms with Crippen molar-refractivity contribution in [2.75, 3.05) is 33.4 Å². The molecule has 2 rings (SSSR count). The lowest BCUT2D eigenvalue weighted by atomic mass is 9.88. The second-order valence-electron chi connectivity index (χ2n) is 8.43. The molecule has 0 unspecified atom stereocenters. The summed E-state index contributed by atoms with van der Waals surface area (Å²) in [6.07, 6.45) is 1.72. The van der Waals surface area contributed by atoms with Gasteiger partial charge < -0.3 is 20.3 Å². The van der Waals surface area contributed by atoms with Crippen LogP contribution >= 0.6 is 0 Å².